The molecule has 0 aliphatic carbocycles. The molecule has 1 atom stereocenters. The molecule has 1 aliphatic heterocycles. The number of amides is 2. The molecular weight excluding hydrogens is 460 g/mol. The maximum atomic E-state index is 12.7. The summed E-state index contributed by atoms with van der Waals surface area (Å²) in [7, 11) is 0. The van der Waals surface area contributed by atoms with Crippen molar-refractivity contribution >= 4 is 23.2 Å². The van der Waals surface area contributed by atoms with Crippen LogP contribution in [0.25, 0.3) is 22.4 Å². The van der Waals surface area contributed by atoms with Gasteiger partial charge in [0.05, 0.1) is 18.2 Å². The second kappa shape index (κ2) is 12.1. The summed E-state index contributed by atoms with van der Waals surface area (Å²) in [5.41, 5.74) is 11.0. The number of hydrogen-bond donors (Lipinski definition) is 2. The highest BCUT2D eigenvalue weighted by molar-refractivity contribution is 7.09. The number of hydrogen-bond acceptors (Lipinski definition) is 6. The Bertz CT molecular complexity index is 1130. The van der Waals surface area contributed by atoms with E-state index >= 15 is 0 Å². The molecule has 0 saturated carbocycles. The Morgan fingerprint density at radius 3 is 2.49 bits per heavy atom. The maximum absolute atomic E-state index is 12.7. The molecule has 1 fully saturated rings. The van der Waals surface area contributed by atoms with Gasteiger partial charge in [0.1, 0.15) is 11.6 Å². The van der Waals surface area contributed by atoms with Crippen molar-refractivity contribution in [3.05, 3.63) is 64.5 Å². The minimum Gasteiger partial charge on any atom is -0.372 e. The molecule has 3 aromatic rings. The molecule has 0 spiro atoms. The normalized spacial score (nSPS) is 15.7. The Hall–Kier alpha value is -3.07. The van der Waals surface area contributed by atoms with E-state index in [4.69, 9.17) is 15.5 Å². The van der Waals surface area contributed by atoms with Crippen LogP contribution < -0.4 is 11.1 Å². The lowest BCUT2D eigenvalue weighted by Gasteiger charge is -2.32. The summed E-state index contributed by atoms with van der Waals surface area (Å²) in [5.74, 6) is -0.270. The number of likely N-dealkylation sites (tertiary alicyclic amines) is 1. The number of ether oxygens (including phenoxy) is 1. The van der Waals surface area contributed by atoms with Gasteiger partial charge in [0.15, 0.2) is 0 Å². The van der Waals surface area contributed by atoms with Crippen LogP contribution in [0.1, 0.15) is 30.3 Å². The summed E-state index contributed by atoms with van der Waals surface area (Å²) < 4.78 is 5.22. The quantitative estimate of drug-likeness (QED) is 0.473. The van der Waals surface area contributed by atoms with Crippen molar-refractivity contribution in [2.24, 2.45) is 11.7 Å². The third-order valence-electron chi connectivity index (χ3n) is 6.24. The number of nitrogens with zero attached hydrogens (tertiary/aromatic N) is 2. The second-order valence-corrected chi connectivity index (χ2v) is 9.58. The largest absolute Gasteiger partial charge is 0.372 e. The highest BCUT2D eigenvalue weighted by atomic mass is 32.1. The zero-order chi connectivity index (χ0) is 24.6. The van der Waals surface area contributed by atoms with Gasteiger partial charge in [0, 0.05) is 37.2 Å². The molecule has 1 saturated heterocycles. The Labute approximate surface area is 210 Å². The van der Waals surface area contributed by atoms with E-state index < -0.39 is 0 Å². The van der Waals surface area contributed by atoms with E-state index in [9.17, 15) is 9.59 Å². The fraction of sp³-hybridized carbons (Fsp3) is 0.370. The summed E-state index contributed by atoms with van der Waals surface area (Å²) in [5, 5.41) is 5.88. The van der Waals surface area contributed by atoms with Crippen LogP contribution in [0.3, 0.4) is 0 Å². The van der Waals surface area contributed by atoms with Crippen LogP contribution in [-0.2, 0) is 27.4 Å². The first-order valence-electron chi connectivity index (χ1n) is 12.0. The number of carbonyl (C=O) groups excluding carboxylic acids is 2. The van der Waals surface area contributed by atoms with Gasteiger partial charge < -0.3 is 20.7 Å². The summed E-state index contributed by atoms with van der Waals surface area (Å²) >= 11 is 1.53. The van der Waals surface area contributed by atoms with Gasteiger partial charge in [-0.25, -0.2) is 4.98 Å². The van der Waals surface area contributed by atoms with Gasteiger partial charge in [-0.1, -0.05) is 48.5 Å². The Morgan fingerprint density at radius 1 is 1.11 bits per heavy atom. The molecule has 7 nitrogen and oxygen atoms in total. The highest BCUT2D eigenvalue weighted by Gasteiger charge is 2.28. The van der Waals surface area contributed by atoms with E-state index in [2.05, 4.69) is 41.7 Å². The number of carbonyl (C=O) groups is 2. The standard InChI is InChI=1S/C27H32N4O3S/c1-2-34-17-26(32)31-13-3-4-23(16-31)27(33)29-15-25-30-24(18-35-25)22-11-9-21(10-12-22)20-7-5-19(14-28)6-8-20/h5-12,18,23H,2-4,13-17,28H2,1H3,(H,29,33)/t23-/m0/s1. The van der Waals surface area contributed by atoms with Crippen LogP contribution in [0.4, 0.5) is 0 Å². The highest BCUT2D eigenvalue weighted by Crippen LogP contribution is 2.26. The molecular formula is C27H32N4O3S. The van der Waals surface area contributed by atoms with Gasteiger partial charge in [-0.2, -0.15) is 0 Å². The molecule has 4 rings (SSSR count). The zero-order valence-corrected chi connectivity index (χ0v) is 20.9. The van der Waals surface area contributed by atoms with Gasteiger partial charge >= 0.3 is 0 Å². The second-order valence-electron chi connectivity index (χ2n) is 8.64. The van der Waals surface area contributed by atoms with Crippen molar-refractivity contribution in [3.63, 3.8) is 0 Å². The molecule has 184 valence electrons. The van der Waals surface area contributed by atoms with Crippen LogP contribution in [0.15, 0.2) is 53.9 Å². The first-order valence-corrected chi connectivity index (χ1v) is 12.9. The average Bonchev–Trinajstić information content (AvgIpc) is 3.39. The molecule has 2 amide bonds. The van der Waals surface area contributed by atoms with Crippen LogP contribution in [-0.4, -0.2) is 48.0 Å². The summed E-state index contributed by atoms with van der Waals surface area (Å²) in [6, 6.07) is 16.6. The molecule has 2 heterocycles. The van der Waals surface area contributed by atoms with Crippen molar-refractivity contribution in [2.75, 3.05) is 26.3 Å². The molecule has 1 aromatic heterocycles. The topological polar surface area (TPSA) is 97.5 Å². The lowest BCUT2D eigenvalue weighted by Crippen LogP contribution is -2.46. The lowest BCUT2D eigenvalue weighted by molar-refractivity contribution is -0.139. The maximum Gasteiger partial charge on any atom is 0.248 e. The van der Waals surface area contributed by atoms with Crippen molar-refractivity contribution in [1.82, 2.24) is 15.2 Å². The van der Waals surface area contributed by atoms with Crippen LogP contribution in [0.2, 0.25) is 0 Å². The van der Waals surface area contributed by atoms with E-state index in [1.54, 1.807) is 4.90 Å². The third kappa shape index (κ3) is 6.54. The van der Waals surface area contributed by atoms with Crippen molar-refractivity contribution in [2.45, 2.75) is 32.9 Å². The molecule has 0 bridgehead atoms. The van der Waals surface area contributed by atoms with E-state index in [0.29, 0.717) is 32.8 Å². The van der Waals surface area contributed by atoms with E-state index in [0.717, 1.165) is 45.8 Å². The van der Waals surface area contributed by atoms with E-state index in [1.807, 2.05) is 24.4 Å². The van der Waals surface area contributed by atoms with Crippen LogP contribution in [0, 0.1) is 5.92 Å². The molecule has 3 N–H and O–H groups in total. The van der Waals surface area contributed by atoms with Gasteiger partial charge in [-0.3, -0.25) is 9.59 Å². The number of nitrogens with two attached hydrogens (primary N) is 1. The van der Waals surface area contributed by atoms with Crippen LogP contribution in [0.5, 0.6) is 0 Å². The predicted molar refractivity (Wildman–Crippen MR) is 139 cm³/mol. The number of rotatable bonds is 9. The summed E-state index contributed by atoms with van der Waals surface area (Å²) in [6.45, 7) is 4.51. The number of nitrogens with one attached hydrogen (secondary N) is 1. The van der Waals surface area contributed by atoms with Gasteiger partial charge in [0.25, 0.3) is 0 Å². The lowest BCUT2D eigenvalue weighted by atomic mass is 9.97. The Balaban J connectivity index is 1.31. The molecule has 8 heteroatoms. The monoisotopic (exact) mass is 492 g/mol. The Morgan fingerprint density at radius 2 is 1.80 bits per heavy atom. The van der Waals surface area contributed by atoms with E-state index in [1.165, 1.54) is 11.3 Å². The van der Waals surface area contributed by atoms with E-state index in [-0.39, 0.29) is 24.3 Å². The average molecular weight is 493 g/mol. The first kappa shape index (κ1) is 25.0. The molecule has 1 aliphatic rings. The smallest absolute Gasteiger partial charge is 0.248 e. The molecule has 0 unspecified atom stereocenters. The van der Waals surface area contributed by atoms with Crippen molar-refractivity contribution in [3.8, 4) is 22.4 Å². The van der Waals surface area contributed by atoms with Gasteiger partial charge in [-0.05, 0) is 36.5 Å². The zero-order valence-electron chi connectivity index (χ0n) is 20.0. The molecule has 35 heavy (non-hydrogen) atoms. The number of piperidine rings is 1. The SMILES string of the molecule is CCOCC(=O)N1CCC[C@H](C(=O)NCc2nc(-c3ccc(-c4ccc(CN)cc4)cc3)cs2)C1. The van der Waals surface area contributed by atoms with Crippen molar-refractivity contribution < 1.29 is 14.3 Å². The molecule has 2 aromatic carbocycles. The minimum absolute atomic E-state index is 0.0272. The summed E-state index contributed by atoms with van der Waals surface area (Å²) in [6.07, 6.45) is 1.61. The fourth-order valence-corrected chi connectivity index (χ4v) is 4.94. The van der Waals surface area contributed by atoms with Crippen molar-refractivity contribution in [1.29, 1.82) is 0 Å². The summed E-state index contributed by atoms with van der Waals surface area (Å²) in [4.78, 5) is 31.4. The molecule has 0 radical (unpaired) electrons. The number of aromatic nitrogens is 1. The predicted octanol–water partition coefficient (Wildman–Crippen LogP) is 3.83. The Kier molecular flexibility index (Phi) is 8.63. The number of thiazole rings is 1. The third-order valence-corrected chi connectivity index (χ3v) is 7.09. The number of benzene rings is 2. The van der Waals surface area contributed by atoms with Gasteiger partial charge in [0.2, 0.25) is 11.8 Å². The minimum atomic E-state index is -0.194. The first-order chi connectivity index (χ1) is 17.1. The fourth-order valence-electron chi connectivity index (χ4n) is 4.20. The van der Waals surface area contributed by atoms with Gasteiger partial charge in [-0.15, -0.1) is 11.3 Å². The van der Waals surface area contributed by atoms with Crippen LogP contribution >= 0.6 is 11.3 Å².